The summed E-state index contributed by atoms with van der Waals surface area (Å²) in [5.41, 5.74) is 0. The molecule has 19 heavy (non-hydrogen) atoms. The van der Waals surface area contributed by atoms with Crippen LogP contribution in [0.2, 0.25) is 0 Å². The van der Waals surface area contributed by atoms with Crippen LogP contribution >= 0.6 is 23.6 Å². The number of aromatic amines is 1. The third kappa shape index (κ3) is 2.37. The molecular formula is C12H16N4OS2. The maximum Gasteiger partial charge on any atom is 0.195 e. The van der Waals surface area contributed by atoms with Gasteiger partial charge >= 0.3 is 0 Å². The van der Waals surface area contributed by atoms with Crippen LogP contribution in [0.4, 0.5) is 0 Å². The summed E-state index contributed by atoms with van der Waals surface area (Å²) in [6.45, 7) is 5.03. The van der Waals surface area contributed by atoms with E-state index < -0.39 is 0 Å². The van der Waals surface area contributed by atoms with Crippen molar-refractivity contribution in [3.63, 3.8) is 0 Å². The predicted molar refractivity (Wildman–Crippen MR) is 76.8 cm³/mol. The lowest BCUT2D eigenvalue weighted by Crippen LogP contribution is -2.02. The normalized spacial score (nSPS) is 19.4. The number of nitrogens with zero attached hydrogens (tertiary/aromatic N) is 3. The molecule has 1 fully saturated rings. The molecular weight excluding hydrogens is 280 g/mol. The Balaban J connectivity index is 1.96. The summed E-state index contributed by atoms with van der Waals surface area (Å²) in [6.07, 6.45) is 4.20. The number of nitrogens with one attached hydrogen (secondary N) is 1. The van der Waals surface area contributed by atoms with Crippen molar-refractivity contribution in [3.8, 4) is 10.7 Å². The minimum atomic E-state index is 0.160. The number of aromatic nitrogens is 4. The number of ether oxygens (including phenoxy) is 1. The molecule has 2 aromatic heterocycles. The molecule has 3 heterocycles. The number of rotatable bonds is 3. The lowest BCUT2D eigenvalue weighted by atomic mass is 10.2. The van der Waals surface area contributed by atoms with Crippen molar-refractivity contribution in [1.82, 2.24) is 19.7 Å². The lowest BCUT2D eigenvalue weighted by Gasteiger charge is -2.08. The van der Waals surface area contributed by atoms with Gasteiger partial charge in [-0.2, -0.15) is 5.10 Å². The van der Waals surface area contributed by atoms with Crippen LogP contribution in [0.5, 0.6) is 0 Å². The molecule has 0 aromatic carbocycles. The molecule has 102 valence electrons. The first kappa shape index (κ1) is 13.0. The molecule has 1 N–H and O–H groups in total. The second-order valence-electron chi connectivity index (χ2n) is 4.88. The van der Waals surface area contributed by atoms with E-state index in [9.17, 15) is 0 Å². The summed E-state index contributed by atoms with van der Waals surface area (Å²) in [4.78, 5) is 5.51. The van der Waals surface area contributed by atoms with Gasteiger partial charge in [0.25, 0.3) is 0 Å². The van der Waals surface area contributed by atoms with Crippen molar-refractivity contribution in [2.24, 2.45) is 0 Å². The second-order valence-corrected chi connectivity index (χ2v) is 6.33. The molecule has 1 unspecified atom stereocenters. The van der Waals surface area contributed by atoms with Crippen LogP contribution in [-0.2, 0) is 4.74 Å². The first-order valence-electron chi connectivity index (χ1n) is 6.41. The predicted octanol–water partition coefficient (Wildman–Crippen LogP) is 3.50. The van der Waals surface area contributed by atoms with Crippen LogP contribution in [0.3, 0.4) is 0 Å². The van der Waals surface area contributed by atoms with Gasteiger partial charge in [0.1, 0.15) is 11.1 Å². The van der Waals surface area contributed by atoms with Gasteiger partial charge in [-0.25, -0.2) is 4.98 Å². The fraction of sp³-hybridized carbons (Fsp3) is 0.583. The van der Waals surface area contributed by atoms with E-state index in [1.807, 2.05) is 10.8 Å². The van der Waals surface area contributed by atoms with E-state index in [0.29, 0.717) is 4.77 Å². The molecule has 0 radical (unpaired) electrons. The van der Waals surface area contributed by atoms with E-state index in [1.165, 1.54) is 0 Å². The smallest absolute Gasteiger partial charge is 0.195 e. The Hall–Kier alpha value is -1.05. The van der Waals surface area contributed by atoms with Crippen LogP contribution in [-0.4, -0.2) is 26.4 Å². The largest absolute Gasteiger partial charge is 0.371 e. The molecule has 1 atom stereocenters. The van der Waals surface area contributed by atoms with Gasteiger partial charge in [-0.1, -0.05) is 0 Å². The average Bonchev–Trinajstić information content (AvgIpc) is 3.07. The van der Waals surface area contributed by atoms with Crippen molar-refractivity contribution in [1.29, 1.82) is 0 Å². The zero-order valence-electron chi connectivity index (χ0n) is 10.9. The Labute approximate surface area is 120 Å². The maximum atomic E-state index is 5.66. The fourth-order valence-corrected chi connectivity index (χ4v) is 3.60. The highest BCUT2D eigenvalue weighted by atomic mass is 32.1. The number of hydrogen-bond acceptors (Lipinski definition) is 5. The van der Waals surface area contributed by atoms with Gasteiger partial charge in [-0.05, 0) is 38.9 Å². The summed E-state index contributed by atoms with van der Waals surface area (Å²) in [6, 6.07) is 0.273. The van der Waals surface area contributed by atoms with Gasteiger partial charge in [-0.15, -0.1) is 11.3 Å². The van der Waals surface area contributed by atoms with Crippen LogP contribution in [0.25, 0.3) is 10.7 Å². The highest BCUT2D eigenvalue weighted by molar-refractivity contribution is 7.71. The summed E-state index contributed by atoms with van der Waals surface area (Å²) in [7, 11) is 0. The van der Waals surface area contributed by atoms with Crippen molar-refractivity contribution < 1.29 is 4.74 Å². The van der Waals surface area contributed by atoms with Crippen LogP contribution < -0.4 is 0 Å². The molecule has 0 aliphatic carbocycles. The molecule has 7 heteroatoms. The summed E-state index contributed by atoms with van der Waals surface area (Å²) >= 11 is 6.91. The topological polar surface area (TPSA) is 55.7 Å². The SMILES string of the molecule is CC(C)n1c(-c2cnc(C3CCCO3)s2)n[nH]c1=S. The average molecular weight is 296 g/mol. The highest BCUT2D eigenvalue weighted by Gasteiger charge is 2.22. The zero-order valence-corrected chi connectivity index (χ0v) is 12.6. The molecule has 0 amide bonds. The van der Waals surface area contributed by atoms with Crippen LogP contribution in [0, 0.1) is 4.77 Å². The van der Waals surface area contributed by atoms with Gasteiger partial charge in [0.05, 0.1) is 4.88 Å². The monoisotopic (exact) mass is 296 g/mol. The van der Waals surface area contributed by atoms with Gasteiger partial charge < -0.3 is 4.74 Å². The molecule has 1 aliphatic heterocycles. The number of H-pyrrole nitrogens is 1. The molecule has 0 spiro atoms. The van der Waals surface area contributed by atoms with E-state index in [4.69, 9.17) is 17.0 Å². The maximum absolute atomic E-state index is 5.66. The first-order valence-corrected chi connectivity index (χ1v) is 7.64. The van der Waals surface area contributed by atoms with E-state index in [1.54, 1.807) is 11.3 Å². The summed E-state index contributed by atoms with van der Waals surface area (Å²) in [5, 5.41) is 8.22. The van der Waals surface area contributed by atoms with Gasteiger partial charge in [0, 0.05) is 18.8 Å². The molecule has 1 saturated heterocycles. The molecule has 1 aliphatic rings. The Kier molecular flexibility index (Phi) is 3.51. The quantitative estimate of drug-likeness (QED) is 0.881. The van der Waals surface area contributed by atoms with Crippen molar-refractivity contribution >= 4 is 23.6 Å². The first-order chi connectivity index (χ1) is 9.16. The molecule has 0 saturated carbocycles. The summed E-state index contributed by atoms with van der Waals surface area (Å²) < 4.78 is 8.33. The number of hydrogen-bond donors (Lipinski definition) is 1. The zero-order chi connectivity index (χ0) is 13.4. The Morgan fingerprint density at radius 1 is 1.58 bits per heavy atom. The van der Waals surface area contributed by atoms with E-state index >= 15 is 0 Å². The Morgan fingerprint density at radius 2 is 2.42 bits per heavy atom. The molecule has 3 rings (SSSR count). The van der Waals surface area contributed by atoms with Gasteiger partial charge in [-0.3, -0.25) is 9.67 Å². The second kappa shape index (κ2) is 5.15. The highest BCUT2D eigenvalue weighted by Crippen LogP contribution is 2.35. The molecule has 0 bridgehead atoms. The van der Waals surface area contributed by atoms with E-state index in [0.717, 1.165) is 35.2 Å². The number of thiazole rings is 1. The standard InChI is InChI=1S/C12H16N4OS2/c1-7(2)16-10(14-15-12(16)18)9-6-13-11(19-9)8-4-3-5-17-8/h6-8H,3-5H2,1-2H3,(H,15,18). The van der Waals surface area contributed by atoms with Gasteiger partial charge in [0.2, 0.25) is 0 Å². The van der Waals surface area contributed by atoms with Crippen molar-refractivity contribution in [2.45, 2.75) is 38.8 Å². The third-order valence-corrected chi connectivity index (χ3v) is 4.54. The fourth-order valence-electron chi connectivity index (χ4n) is 2.27. The van der Waals surface area contributed by atoms with Crippen molar-refractivity contribution in [3.05, 3.63) is 16.0 Å². The van der Waals surface area contributed by atoms with E-state index in [-0.39, 0.29) is 12.1 Å². The Bertz CT molecular complexity index is 622. The minimum absolute atomic E-state index is 0.160. The van der Waals surface area contributed by atoms with Crippen LogP contribution in [0.15, 0.2) is 6.20 Å². The minimum Gasteiger partial charge on any atom is -0.371 e. The molecule has 2 aromatic rings. The third-order valence-electron chi connectivity index (χ3n) is 3.17. The van der Waals surface area contributed by atoms with Crippen LogP contribution in [0.1, 0.15) is 43.8 Å². The van der Waals surface area contributed by atoms with Gasteiger partial charge in [0.15, 0.2) is 10.6 Å². The van der Waals surface area contributed by atoms with E-state index in [2.05, 4.69) is 29.0 Å². The molecule has 5 nitrogen and oxygen atoms in total. The Morgan fingerprint density at radius 3 is 3.11 bits per heavy atom. The summed E-state index contributed by atoms with van der Waals surface area (Å²) in [5.74, 6) is 0.863. The van der Waals surface area contributed by atoms with Crippen molar-refractivity contribution in [2.75, 3.05) is 6.61 Å². The lowest BCUT2D eigenvalue weighted by molar-refractivity contribution is 0.111.